The second kappa shape index (κ2) is 7.92. The van der Waals surface area contributed by atoms with Crippen molar-refractivity contribution >= 4 is 34.2 Å². The number of ketones is 1. The number of aromatic carboxylic acids is 1. The van der Waals surface area contributed by atoms with Crippen molar-refractivity contribution in [3.8, 4) is 16.9 Å². The largest absolute Gasteiger partial charge is 0.497 e. The molecule has 0 fully saturated rings. The zero-order valence-corrected chi connectivity index (χ0v) is 17.2. The number of carboxylic acid groups (broad SMARTS) is 1. The van der Waals surface area contributed by atoms with Crippen LogP contribution in [0.4, 0.5) is 8.78 Å². The van der Waals surface area contributed by atoms with Gasteiger partial charge in [-0.15, -0.1) is 11.3 Å². The molecule has 0 aliphatic heterocycles. The first-order valence-corrected chi connectivity index (χ1v) is 9.94. The van der Waals surface area contributed by atoms with Gasteiger partial charge in [-0.05, 0) is 30.0 Å². The second-order valence-electron chi connectivity index (χ2n) is 6.76. The van der Waals surface area contributed by atoms with Gasteiger partial charge in [0, 0.05) is 22.1 Å². The third-order valence-electron chi connectivity index (χ3n) is 4.80. The first-order chi connectivity index (χ1) is 14.8. The van der Waals surface area contributed by atoms with Gasteiger partial charge in [0.1, 0.15) is 11.3 Å². The topological polar surface area (TPSA) is 89.6 Å². The Morgan fingerprint density at radius 3 is 2.65 bits per heavy atom. The van der Waals surface area contributed by atoms with Gasteiger partial charge in [0.05, 0.1) is 19.1 Å². The van der Waals surface area contributed by atoms with Crippen LogP contribution in [0.3, 0.4) is 0 Å². The number of carboxylic acids is 1. The van der Waals surface area contributed by atoms with Crippen molar-refractivity contribution in [3.63, 3.8) is 0 Å². The molecule has 0 aliphatic rings. The molecule has 0 amide bonds. The van der Waals surface area contributed by atoms with Crippen molar-refractivity contribution < 1.29 is 32.6 Å². The number of aromatic nitrogens is 1. The number of methoxy groups -OCH3 is 1. The molecule has 0 aliphatic carbocycles. The van der Waals surface area contributed by atoms with Gasteiger partial charge >= 0.3 is 5.97 Å². The van der Waals surface area contributed by atoms with Gasteiger partial charge in [-0.1, -0.05) is 12.1 Å². The lowest BCUT2D eigenvalue weighted by atomic mass is 9.99. The Morgan fingerprint density at radius 2 is 1.94 bits per heavy atom. The highest BCUT2D eigenvalue weighted by atomic mass is 32.1. The van der Waals surface area contributed by atoms with E-state index in [0.29, 0.717) is 16.8 Å². The smallest absolute Gasteiger partial charge is 0.337 e. The Morgan fingerprint density at radius 1 is 1.16 bits per heavy atom. The van der Waals surface area contributed by atoms with Gasteiger partial charge in [0.25, 0.3) is 5.89 Å². The first kappa shape index (κ1) is 20.7. The Hall–Kier alpha value is -3.59. The summed E-state index contributed by atoms with van der Waals surface area (Å²) in [6.45, 7) is 1.41. The molecule has 2 aromatic carbocycles. The fraction of sp³-hybridized carbons (Fsp3) is 0.136. The maximum Gasteiger partial charge on any atom is 0.337 e. The number of hydrogen-bond acceptors (Lipinski definition) is 6. The van der Waals surface area contributed by atoms with Gasteiger partial charge in [0.15, 0.2) is 17.2 Å². The molecular formula is C22H15F2NO5S. The predicted octanol–water partition coefficient (Wildman–Crippen LogP) is 5.28. The van der Waals surface area contributed by atoms with E-state index in [1.807, 2.05) is 0 Å². The van der Waals surface area contributed by atoms with Crippen LogP contribution in [-0.2, 0) is 6.42 Å². The van der Waals surface area contributed by atoms with E-state index in [1.165, 1.54) is 31.5 Å². The van der Waals surface area contributed by atoms with Crippen LogP contribution in [0.2, 0.25) is 0 Å². The zero-order valence-electron chi connectivity index (χ0n) is 16.4. The van der Waals surface area contributed by atoms with Crippen molar-refractivity contribution in [2.45, 2.75) is 13.3 Å². The number of ether oxygens (including phenoxy) is 1. The third-order valence-corrected chi connectivity index (χ3v) is 5.79. The van der Waals surface area contributed by atoms with Crippen LogP contribution in [0.15, 0.2) is 40.1 Å². The van der Waals surface area contributed by atoms with Crippen molar-refractivity contribution in [3.05, 3.63) is 69.2 Å². The molecule has 4 aromatic rings. The van der Waals surface area contributed by atoms with Crippen LogP contribution in [-0.4, -0.2) is 29.0 Å². The molecule has 6 nitrogen and oxygen atoms in total. The Kier molecular flexibility index (Phi) is 5.28. The molecule has 0 saturated heterocycles. The molecule has 0 saturated carbocycles. The number of nitrogens with zero attached hydrogens (tertiary/aromatic N) is 1. The van der Waals surface area contributed by atoms with Gasteiger partial charge in [-0.25, -0.2) is 18.6 Å². The fourth-order valence-electron chi connectivity index (χ4n) is 3.19. The highest BCUT2D eigenvalue weighted by molar-refractivity contribution is 7.11. The maximum atomic E-state index is 14.4. The predicted molar refractivity (Wildman–Crippen MR) is 110 cm³/mol. The van der Waals surface area contributed by atoms with Gasteiger partial charge in [0.2, 0.25) is 5.78 Å². The van der Waals surface area contributed by atoms with Crippen LogP contribution in [0.25, 0.3) is 22.2 Å². The molecule has 158 valence electrons. The van der Waals surface area contributed by atoms with E-state index < -0.39 is 23.4 Å². The average Bonchev–Trinajstić information content (AvgIpc) is 3.35. The lowest BCUT2D eigenvalue weighted by molar-refractivity contribution is 0.0697. The van der Waals surface area contributed by atoms with Gasteiger partial charge < -0.3 is 14.3 Å². The van der Waals surface area contributed by atoms with E-state index in [4.69, 9.17) is 9.15 Å². The molecule has 0 unspecified atom stereocenters. The van der Waals surface area contributed by atoms with Crippen molar-refractivity contribution in [2.24, 2.45) is 0 Å². The summed E-state index contributed by atoms with van der Waals surface area (Å²) in [7, 11) is 1.50. The molecule has 0 bridgehead atoms. The number of thiophene rings is 1. The lowest BCUT2D eigenvalue weighted by Gasteiger charge is -2.07. The third kappa shape index (κ3) is 3.68. The van der Waals surface area contributed by atoms with Crippen molar-refractivity contribution in [1.82, 2.24) is 4.98 Å². The quantitative estimate of drug-likeness (QED) is 0.408. The number of carbonyl (C=O) groups excluding carboxylic acids is 1. The number of hydrogen-bond donors (Lipinski definition) is 1. The Bertz CT molecular complexity index is 1340. The number of fused-ring (bicyclic) bond motifs is 1. The molecule has 2 aromatic heterocycles. The zero-order chi connectivity index (χ0) is 22.3. The Balaban J connectivity index is 1.70. The molecule has 1 N–H and O–H groups in total. The molecule has 0 radical (unpaired) electrons. The fourth-order valence-corrected chi connectivity index (χ4v) is 4.22. The minimum atomic E-state index is -1.35. The molecular weight excluding hydrogens is 428 g/mol. The second-order valence-corrected chi connectivity index (χ2v) is 7.73. The Labute approximate surface area is 178 Å². The van der Waals surface area contributed by atoms with E-state index >= 15 is 0 Å². The summed E-state index contributed by atoms with van der Waals surface area (Å²) in [5.74, 6) is -3.70. The summed E-state index contributed by atoms with van der Waals surface area (Å²) in [5, 5.41) is 11.1. The maximum absolute atomic E-state index is 14.4. The minimum Gasteiger partial charge on any atom is -0.497 e. The lowest BCUT2D eigenvalue weighted by Crippen LogP contribution is -2.08. The van der Waals surface area contributed by atoms with E-state index in [-0.39, 0.29) is 39.4 Å². The summed E-state index contributed by atoms with van der Waals surface area (Å²) < 4.78 is 39.0. The standard InChI is InChI=1S/C22H15F2NO5S/c1-10-3-5-12(20(24)19(10)23)13-9-31-17(18(13)22(27)28)8-15(26)21-25-14-7-11(29-2)4-6-16(14)30-21/h3-7,9H,8H2,1-2H3,(H,27,28). The van der Waals surface area contributed by atoms with Crippen molar-refractivity contribution in [1.29, 1.82) is 0 Å². The summed E-state index contributed by atoms with van der Waals surface area (Å²) in [6.07, 6.45) is -0.313. The normalized spacial score (nSPS) is 11.1. The van der Waals surface area contributed by atoms with Gasteiger partial charge in [-0.3, -0.25) is 4.79 Å². The van der Waals surface area contributed by atoms with Crippen LogP contribution in [0.5, 0.6) is 5.75 Å². The van der Waals surface area contributed by atoms with E-state index in [0.717, 1.165) is 11.3 Å². The minimum absolute atomic E-state index is 0.0130. The summed E-state index contributed by atoms with van der Waals surface area (Å²) in [4.78, 5) is 28.9. The van der Waals surface area contributed by atoms with Crippen molar-refractivity contribution in [2.75, 3.05) is 7.11 Å². The highest BCUT2D eigenvalue weighted by Crippen LogP contribution is 2.35. The summed E-state index contributed by atoms with van der Waals surface area (Å²) >= 11 is 0.974. The SMILES string of the molecule is COc1ccc2oc(C(=O)Cc3scc(-c4ccc(C)c(F)c4F)c3C(=O)O)nc2c1. The number of benzene rings is 2. The molecule has 4 rings (SSSR count). The molecule has 9 heteroatoms. The number of carbonyl (C=O) groups is 2. The summed E-state index contributed by atoms with van der Waals surface area (Å²) in [6, 6.07) is 7.57. The number of aryl methyl sites for hydroxylation is 1. The summed E-state index contributed by atoms with van der Waals surface area (Å²) in [5.41, 5.74) is 0.495. The number of rotatable bonds is 6. The average molecular weight is 443 g/mol. The van der Waals surface area contributed by atoms with Gasteiger partial charge in [-0.2, -0.15) is 0 Å². The van der Waals surface area contributed by atoms with E-state index in [9.17, 15) is 23.5 Å². The monoisotopic (exact) mass is 443 g/mol. The number of halogens is 2. The van der Waals surface area contributed by atoms with Crippen LogP contribution >= 0.6 is 11.3 Å². The van der Waals surface area contributed by atoms with Crippen LogP contribution < -0.4 is 4.74 Å². The number of Topliss-reactive ketones (excluding diaryl/α,β-unsaturated/α-hetero) is 1. The highest BCUT2D eigenvalue weighted by Gasteiger charge is 2.26. The van der Waals surface area contributed by atoms with Crippen LogP contribution in [0, 0.1) is 18.6 Å². The number of oxazole rings is 1. The molecule has 0 atom stereocenters. The van der Waals surface area contributed by atoms with E-state index in [1.54, 1.807) is 18.2 Å². The first-order valence-electron chi connectivity index (χ1n) is 9.06. The molecule has 2 heterocycles. The molecule has 31 heavy (non-hydrogen) atoms. The van der Waals surface area contributed by atoms with Crippen LogP contribution in [0.1, 0.15) is 31.5 Å². The van der Waals surface area contributed by atoms with E-state index in [2.05, 4.69) is 4.98 Å². The molecule has 0 spiro atoms.